The summed E-state index contributed by atoms with van der Waals surface area (Å²) in [6, 6.07) is 10.8. The van der Waals surface area contributed by atoms with Gasteiger partial charge >= 0.3 is 12.1 Å². The lowest BCUT2D eigenvalue weighted by Gasteiger charge is -2.39. The minimum absolute atomic E-state index is 0.0158. The van der Waals surface area contributed by atoms with Crippen molar-refractivity contribution in [1.82, 2.24) is 31.1 Å². The molecule has 1 aliphatic carbocycles. The van der Waals surface area contributed by atoms with Crippen molar-refractivity contribution in [2.75, 3.05) is 7.11 Å². The molecule has 4 N–H and O–H groups in total. The predicted octanol–water partition coefficient (Wildman–Crippen LogP) is 6.23. The van der Waals surface area contributed by atoms with Gasteiger partial charge in [-0.05, 0) is 53.1 Å². The molecule has 0 saturated heterocycles. The Balaban J connectivity index is 1.49. The lowest BCUT2D eigenvalue weighted by atomic mass is 9.78. The van der Waals surface area contributed by atoms with E-state index in [1.807, 2.05) is 58.0 Å². The smallest absolute Gasteiger partial charge is 0.408 e. The summed E-state index contributed by atoms with van der Waals surface area (Å²) in [6.07, 6.45) is 1.05. The molecule has 0 bridgehead atoms. The highest BCUT2D eigenvalue weighted by Gasteiger charge is 2.47. The summed E-state index contributed by atoms with van der Waals surface area (Å²) in [4.78, 5) is 61.7. The van der Waals surface area contributed by atoms with Crippen LogP contribution in [-0.4, -0.2) is 57.7 Å². The molecule has 0 spiro atoms. The van der Waals surface area contributed by atoms with Crippen molar-refractivity contribution >= 4 is 58.0 Å². The number of hydrogen-bond donors (Lipinski definition) is 4. The molecule has 5 atom stereocenters. The van der Waals surface area contributed by atoms with Crippen LogP contribution in [0.15, 0.2) is 47.0 Å². The number of hydrogen-bond acceptors (Lipinski definition) is 9. The first kappa shape index (κ1) is 37.6. The fraction of sp³-hybridized carbons (Fsp3) is 0.444. The van der Waals surface area contributed by atoms with Gasteiger partial charge in [-0.2, -0.15) is 4.98 Å². The van der Waals surface area contributed by atoms with E-state index in [0.29, 0.717) is 34.8 Å². The molecule has 4 aromatic rings. The Hall–Kier alpha value is -4.62. The number of alkyl carbamates (subject to hydrolysis) is 1. The average molecular weight is 742 g/mol. The Morgan fingerprint density at radius 2 is 1.76 bits per heavy atom. The molecule has 0 aliphatic heterocycles. The summed E-state index contributed by atoms with van der Waals surface area (Å²) in [7, 11) is 1.20. The van der Waals surface area contributed by atoms with Gasteiger partial charge in [0.25, 0.3) is 5.82 Å². The van der Waals surface area contributed by atoms with Crippen LogP contribution in [0.3, 0.4) is 0 Å². The number of fused-ring (bicyclic) bond motifs is 3. The minimum Gasteiger partial charge on any atom is -0.463 e. The van der Waals surface area contributed by atoms with Crippen LogP contribution in [0.2, 0.25) is 10.0 Å². The summed E-state index contributed by atoms with van der Waals surface area (Å²) >= 11 is 13.0. The maximum Gasteiger partial charge on any atom is 0.408 e. The quantitative estimate of drug-likeness (QED) is 0.116. The van der Waals surface area contributed by atoms with Gasteiger partial charge in [0.1, 0.15) is 24.2 Å². The third-order valence-electron chi connectivity index (χ3n) is 9.65. The molecule has 1 aliphatic rings. The van der Waals surface area contributed by atoms with Crippen molar-refractivity contribution < 1.29 is 33.2 Å². The van der Waals surface area contributed by atoms with Crippen LogP contribution in [0.5, 0.6) is 0 Å². The number of nitrogens with zero attached hydrogens (tertiary/aromatic N) is 2. The van der Waals surface area contributed by atoms with E-state index in [9.17, 15) is 19.2 Å². The molecule has 13 nitrogen and oxygen atoms in total. The highest BCUT2D eigenvalue weighted by atomic mass is 35.5. The second kappa shape index (κ2) is 16.2. The minimum atomic E-state index is -1.51. The fourth-order valence-corrected chi connectivity index (χ4v) is 6.77. The van der Waals surface area contributed by atoms with Gasteiger partial charge < -0.3 is 34.9 Å². The third kappa shape index (κ3) is 8.31. The first-order chi connectivity index (χ1) is 24.4. The fourth-order valence-electron chi connectivity index (χ4n) is 6.23. The molecule has 5 rings (SSSR count). The number of amides is 3. The molecule has 0 saturated carbocycles. The molecular formula is C36H42Cl2N6O7. The zero-order valence-electron chi connectivity index (χ0n) is 29.1. The van der Waals surface area contributed by atoms with Crippen molar-refractivity contribution in [2.45, 2.75) is 84.0 Å². The van der Waals surface area contributed by atoms with Crippen LogP contribution in [0.4, 0.5) is 4.79 Å². The molecule has 2 aromatic carbocycles. The molecule has 2 aromatic heterocycles. The normalized spacial score (nSPS) is 17.8. The number of aryl methyl sites for hydroxylation is 1. The maximum atomic E-state index is 14.7. The monoisotopic (exact) mass is 740 g/mol. The van der Waals surface area contributed by atoms with Gasteiger partial charge in [-0.15, -0.1) is 0 Å². The number of benzene rings is 2. The van der Waals surface area contributed by atoms with Crippen molar-refractivity contribution in [3.63, 3.8) is 0 Å². The second-order valence-electron chi connectivity index (χ2n) is 13.0. The Labute approximate surface area is 305 Å². The van der Waals surface area contributed by atoms with E-state index in [2.05, 4.69) is 31.1 Å². The van der Waals surface area contributed by atoms with Gasteiger partial charge in [0.15, 0.2) is 0 Å². The number of aromatic amines is 1. The lowest BCUT2D eigenvalue weighted by molar-refractivity contribution is -0.136. The molecular weight excluding hydrogens is 699 g/mol. The molecule has 51 heavy (non-hydrogen) atoms. The van der Waals surface area contributed by atoms with Crippen LogP contribution >= 0.6 is 23.2 Å². The third-order valence-corrected chi connectivity index (χ3v) is 10.2. The molecule has 2 unspecified atom stereocenters. The van der Waals surface area contributed by atoms with Crippen LogP contribution in [-0.2, 0) is 38.5 Å². The first-order valence-corrected chi connectivity index (χ1v) is 17.7. The number of carbonyl (C=O) groups is 4. The Kier molecular flexibility index (Phi) is 11.9. The number of nitrogens with one attached hydrogen (secondary N) is 4. The van der Waals surface area contributed by atoms with Crippen molar-refractivity contribution in [1.29, 1.82) is 0 Å². The number of aromatic nitrogens is 3. The van der Waals surface area contributed by atoms with E-state index in [0.717, 1.165) is 22.2 Å². The highest BCUT2D eigenvalue weighted by molar-refractivity contribution is 6.38. The summed E-state index contributed by atoms with van der Waals surface area (Å²) in [5.74, 6) is -2.65. The van der Waals surface area contributed by atoms with Crippen molar-refractivity contribution in [3.8, 4) is 0 Å². The molecule has 2 heterocycles. The van der Waals surface area contributed by atoms with Crippen LogP contribution in [0.1, 0.15) is 86.3 Å². The average Bonchev–Trinajstić information content (AvgIpc) is 3.76. The molecule has 3 amide bonds. The van der Waals surface area contributed by atoms with E-state index in [1.165, 1.54) is 7.11 Å². The van der Waals surface area contributed by atoms with E-state index >= 15 is 0 Å². The van der Waals surface area contributed by atoms with Gasteiger partial charge in [-0.1, -0.05) is 94.1 Å². The highest BCUT2D eigenvalue weighted by Crippen LogP contribution is 2.39. The Morgan fingerprint density at radius 1 is 1.04 bits per heavy atom. The van der Waals surface area contributed by atoms with E-state index in [4.69, 9.17) is 37.2 Å². The molecule has 0 radical (unpaired) electrons. The molecule has 272 valence electrons. The number of rotatable bonds is 13. The van der Waals surface area contributed by atoms with Gasteiger partial charge in [0.05, 0.1) is 17.6 Å². The van der Waals surface area contributed by atoms with Gasteiger partial charge in [0, 0.05) is 22.5 Å². The van der Waals surface area contributed by atoms with Crippen LogP contribution in [0, 0.1) is 11.8 Å². The zero-order valence-corrected chi connectivity index (χ0v) is 30.6. The zero-order chi connectivity index (χ0) is 36.9. The number of ether oxygens (including phenoxy) is 2. The molecule has 15 heteroatoms. The number of esters is 1. The summed E-state index contributed by atoms with van der Waals surface area (Å²) < 4.78 is 15.6. The summed E-state index contributed by atoms with van der Waals surface area (Å²) in [6.45, 7) is 7.59. The Bertz CT molecular complexity index is 1900. The number of carbonyl (C=O) groups excluding carboxylic acids is 4. The second-order valence-corrected chi connectivity index (χ2v) is 13.8. The topological polar surface area (TPSA) is 178 Å². The number of methoxy groups -OCH3 is 1. The SMILES string of the molecule is CCC(C)C(NC(=O)[C@]1(NC(=O)[C@@H](NC(=O)OCc2ccccc2)[C@@H](C)CC)CCc2[nH]c3c(Cl)cc(Cl)cc3c2C1)c1nc(C(=O)OC)no1. The number of H-pyrrole nitrogens is 1. The van der Waals surface area contributed by atoms with Crippen LogP contribution < -0.4 is 16.0 Å². The summed E-state index contributed by atoms with van der Waals surface area (Å²) in [5.41, 5.74) is 1.60. The molecule has 0 fully saturated rings. The van der Waals surface area contributed by atoms with E-state index < -0.39 is 41.5 Å². The van der Waals surface area contributed by atoms with E-state index in [-0.39, 0.29) is 43.0 Å². The standard InChI is InChI=1S/C36H42Cl2N6O7/c1-6-19(3)27(41-35(48)50-18-21-11-9-8-10-12-21)31(45)43-36(14-13-26-24(17-36)23-15-22(37)16-25(38)29(23)39-26)34(47)40-28(20(4)7-2)32-42-30(44-51-32)33(46)49-5/h8-12,15-16,19-20,27-28,39H,6-7,13-14,17-18H2,1-5H3,(H,40,47)(H,41,48)(H,43,45)/t19-,20?,27-,28?,36-/m0/s1. The van der Waals surface area contributed by atoms with Crippen molar-refractivity contribution in [2.24, 2.45) is 11.8 Å². The van der Waals surface area contributed by atoms with Crippen LogP contribution in [0.25, 0.3) is 10.9 Å². The Morgan fingerprint density at radius 3 is 2.45 bits per heavy atom. The van der Waals surface area contributed by atoms with E-state index in [1.54, 1.807) is 12.1 Å². The predicted molar refractivity (Wildman–Crippen MR) is 190 cm³/mol. The largest absolute Gasteiger partial charge is 0.463 e. The van der Waals surface area contributed by atoms with Gasteiger partial charge in [-0.3, -0.25) is 9.59 Å². The van der Waals surface area contributed by atoms with Crippen molar-refractivity contribution in [3.05, 3.63) is 81.0 Å². The van der Waals surface area contributed by atoms with Gasteiger partial charge in [-0.25, -0.2) is 9.59 Å². The maximum absolute atomic E-state index is 14.7. The number of halogens is 2. The lowest BCUT2D eigenvalue weighted by Crippen LogP contribution is -2.65. The van der Waals surface area contributed by atoms with Gasteiger partial charge in [0.2, 0.25) is 17.7 Å². The first-order valence-electron chi connectivity index (χ1n) is 16.9. The summed E-state index contributed by atoms with van der Waals surface area (Å²) in [5, 5.41) is 14.1.